The van der Waals surface area contributed by atoms with Crippen molar-refractivity contribution in [2.24, 2.45) is 5.41 Å². The molecule has 0 saturated carbocycles. The summed E-state index contributed by atoms with van der Waals surface area (Å²) in [6.45, 7) is 5.82. The van der Waals surface area contributed by atoms with Gasteiger partial charge >= 0.3 is 6.09 Å². The lowest BCUT2D eigenvalue weighted by atomic mass is 9.99. The Bertz CT molecular complexity index is 1340. The molecule has 0 aliphatic carbocycles. The van der Waals surface area contributed by atoms with Gasteiger partial charge in [0.05, 0.1) is 25.2 Å². The summed E-state index contributed by atoms with van der Waals surface area (Å²) in [5, 5.41) is 3.71. The molecule has 2 atom stereocenters. The lowest BCUT2D eigenvalue weighted by Gasteiger charge is -2.26. The molecule has 0 aromatic heterocycles. The third kappa shape index (κ3) is 12.4. The summed E-state index contributed by atoms with van der Waals surface area (Å²) in [6.07, 6.45) is 1.43. The fourth-order valence-electron chi connectivity index (χ4n) is 3.71. The summed E-state index contributed by atoms with van der Waals surface area (Å²) in [5.74, 6) is 1.41. The SMILES string of the molecule is COc1ccc(CSC(Cc2ccccc2)C(C=CS(=O)(=O)OCC(C)(C)C)NC(=O)OCc2ccccc2)cc1. The monoisotopic (exact) mass is 597 g/mol. The van der Waals surface area contributed by atoms with E-state index in [1.165, 1.54) is 6.08 Å². The van der Waals surface area contributed by atoms with Crippen LogP contribution in [0, 0.1) is 5.41 Å². The van der Waals surface area contributed by atoms with Gasteiger partial charge in [0.25, 0.3) is 10.1 Å². The number of amides is 1. The first-order valence-electron chi connectivity index (χ1n) is 13.4. The fraction of sp³-hybridized carbons (Fsp3) is 0.344. The van der Waals surface area contributed by atoms with Gasteiger partial charge in [0.2, 0.25) is 0 Å². The summed E-state index contributed by atoms with van der Waals surface area (Å²) in [6, 6.07) is 26.4. The number of thioether (sulfide) groups is 1. The van der Waals surface area contributed by atoms with Gasteiger partial charge in [-0.2, -0.15) is 20.2 Å². The molecule has 0 heterocycles. The minimum Gasteiger partial charge on any atom is -0.497 e. The highest BCUT2D eigenvalue weighted by atomic mass is 32.2. The van der Waals surface area contributed by atoms with E-state index in [9.17, 15) is 13.2 Å². The second-order valence-corrected chi connectivity index (χ2v) is 13.5. The Kier molecular flexibility index (Phi) is 12.3. The number of alkyl carbamates (subject to hydrolysis) is 1. The molecule has 7 nitrogen and oxygen atoms in total. The molecule has 0 spiro atoms. The molecule has 3 aromatic rings. The van der Waals surface area contributed by atoms with Gasteiger partial charge in [-0.3, -0.25) is 4.18 Å². The maximum atomic E-state index is 12.9. The van der Waals surface area contributed by atoms with Crippen molar-refractivity contribution in [3.8, 4) is 5.75 Å². The molecule has 0 saturated heterocycles. The Labute approximate surface area is 248 Å². The molecular weight excluding hydrogens is 558 g/mol. The summed E-state index contributed by atoms with van der Waals surface area (Å²) < 4.78 is 41.4. The molecule has 1 N–H and O–H groups in total. The summed E-state index contributed by atoms with van der Waals surface area (Å²) in [4.78, 5) is 12.9. The van der Waals surface area contributed by atoms with E-state index in [-0.39, 0.29) is 23.9 Å². The highest BCUT2D eigenvalue weighted by molar-refractivity contribution is 7.99. The van der Waals surface area contributed by atoms with Crippen molar-refractivity contribution in [3.05, 3.63) is 113 Å². The van der Waals surface area contributed by atoms with Gasteiger partial charge in [-0.05, 0) is 46.7 Å². The smallest absolute Gasteiger partial charge is 0.407 e. The van der Waals surface area contributed by atoms with E-state index >= 15 is 0 Å². The third-order valence-electron chi connectivity index (χ3n) is 5.91. The minimum atomic E-state index is -3.98. The summed E-state index contributed by atoms with van der Waals surface area (Å²) >= 11 is 1.62. The average molecular weight is 598 g/mol. The van der Waals surface area contributed by atoms with Gasteiger partial charge in [0.15, 0.2) is 0 Å². The van der Waals surface area contributed by atoms with Crippen LogP contribution in [-0.4, -0.2) is 39.5 Å². The largest absolute Gasteiger partial charge is 0.497 e. The molecule has 2 unspecified atom stereocenters. The van der Waals surface area contributed by atoms with Gasteiger partial charge in [-0.1, -0.05) is 93.6 Å². The third-order valence-corrected chi connectivity index (χ3v) is 8.23. The van der Waals surface area contributed by atoms with Crippen LogP contribution in [0.2, 0.25) is 0 Å². The highest BCUT2D eigenvalue weighted by Gasteiger charge is 2.25. The number of benzene rings is 3. The average Bonchev–Trinajstić information content (AvgIpc) is 2.96. The van der Waals surface area contributed by atoms with Gasteiger partial charge in [0, 0.05) is 11.0 Å². The van der Waals surface area contributed by atoms with Crippen molar-refractivity contribution < 1.29 is 26.9 Å². The van der Waals surface area contributed by atoms with Crippen molar-refractivity contribution in [2.75, 3.05) is 13.7 Å². The number of hydrogen-bond acceptors (Lipinski definition) is 7. The van der Waals surface area contributed by atoms with Crippen molar-refractivity contribution in [1.29, 1.82) is 0 Å². The standard InChI is InChI=1S/C32H39NO6S2/c1-32(2,3)24-39-41(35,36)20-19-29(33-31(34)38-22-26-13-9-6-10-14-26)30(21-25-11-7-5-8-12-25)40-23-27-15-17-28(37-4)18-16-27/h5-20,29-30H,21-24H2,1-4H3,(H,33,34). The fourth-order valence-corrected chi connectivity index (χ4v) is 5.94. The van der Waals surface area contributed by atoms with Crippen LogP contribution in [-0.2, 0) is 37.8 Å². The van der Waals surface area contributed by atoms with Gasteiger partial charge < -0.3 is 14.8 Å². The van der Waals surface area contributed by atoms with E-state index in [0.29, 0.717) is 12.2 Å². The molecule has 3 aromatic carbocycles. The lowest BCUT2D eigenvalue weighted by molar-refractivity contribution is 0.137. The molecule has 0 fully saturated rings. The Morgan fingerprint density at radius 3 is 2.10 bits per heavy atom. The topological polar surface area (TPSA) is 90.9 Å². The van der Waals surface area contributed by atoms with Crippen LogP contribution in [0.15, 0.2) is 96.4 Å². The summed E-state index contributed by atoms with van der Waals surface area (Å²) in [7, 11) is -2.35. The molecule has 1 amide bonds. The van der Waals surface area contributed by atoms with Crippen molar-refractivity contribution in [3.63, 3.8) is 0 Å². The van der Waals surface area contributed by atoms with E-state index in [2.05, 4.69) is 5.32 Å². The number of nitrogens with one attached hydrogen (secondary N) is 1. The quantitative estimate of drug-likeness (QED) is 0.206. The van der Waals surface area contributed by atoms with Crippen molar-refractivity contribution in [1.82, 2.24) is 5.32 Å². The van der Waals surface area contributed by atoms with Crippen LogP contribution in [0.1, 0.15) is 37.5 Å². The maximum Gasteiger partial charge on any atom is 0.407 e. The molecule has 0 bridgehead atoms. The van der Waals surface area contributed by atoms with Crippen LogP contribution in [0.3, 0.4) is 0 Å². The number of ether oxygens (including phenoxy) is 2. The van der Waals surface area contributed by atoms with Crippen LogP contribution in [0.25, 0.3) is 0 Å². The zero-order chi connectivity index (χ0) is 29.7. The van der Waals surface area contributed by atoms with Crippen LogP contribution >= 0.6 is 11.8 Å². The molecule has 0 aliphatic heterocycles. The Hall–Kier alpha value is -3.27. The van der Waals surface area contributed by atoms with Gasteiger partial charge in [0.1, 0.15) is 12.4 Å². The van der Waals surface area contributed by atoms with E-state index < -0.39 is 22.3 Å². The molecule has 220 valence electrons. The molecule has 0 aliphatic rings. The first kappa shape index (κ1) is 32.2. The molecule has 9 heteroatoms. The predicted molar refractivity (Wildman–Crippen MR) is 165 cm³/mol. The molecular formula is C32H39NO6S2. The first-order chi connectivity index (χ1) is 19.5. The zero-order valence-corrected chi connectivity index (χ0v) is 25.6. The minimum absolute atomic E-state index is 0.0382. The molecule has 0 radical (unpaired) electrons. The second kappa shape index (κ2) is 15.7. The molecule has 41 heavy (non-hydrogen) atoms. The number of hydrogen-bond donors (Lipinski definition) is 1. The van der Waals surface area contributed by atoms with Gasteiger partial charge in [-0.15, -0.1) is 0 Å². The maximum absolute atomic E-state index is 12.9. The number of carbonyl (C=O) groups is 1. The van der Waals surface area contributed by atoms with Crippen LogP contribution in [0.5, 0.6) is 5.75 Å². The Morgan fingerprint density at radius 1 is 0.902 bits per heavy atom. The van der Waals surface area contributed by atoms with E-state index in [0.717, 1.165) is 27.8 Å². The van der Waals surface area contributed by atoms with Crippen molar-refractivity contribution in [2.45, 2.75) is 50.8 Å². The normalized spacial score (nSPS) is 13.5. The van der Waals surface area contributed by atoms with Crippen LogP contribution in [0.4, 0.5) is 4.79 Å². The van der Waals surface area contributed by atoms with E-state index in [4.69, 9.17) is 13.7 Å². The van der Waals surface area contributed by atoms with E-state index in [1.807, 2.05) is 106 Å². The van der Waals surface area contributed by atoms with Crippen LogP contribution < -0.4 is 10.1 Å². The van der Waals surface area contributed by atoms with E-state index in [1.54, 1.807) is 18.9 Å². The lowest BCUT2D eigenvalue weighted by Crippen LogP contribution is -2.42. The number of methoxy groups -OCH3 is 1. The summed E-state index contributed by atoms with van der Waals surface area (Å²) in [5.41, 5.74) is 2.65. The second-order valence-electron chi connectivity index (χ2n) is 10.8. The predicted octanol–water partition coefficient (Wildman–Crippen LogP) is 6.74. The highest BCUT2D eigenvalue weighted by Crippen LogP contribution is 2.26. The Morgan fingerprint density at radius 2 is 1.51 bits per heavy atom. The Balaban J connectivity index is 1.84. The number of carbonyl (C=O) groups excluding carboxylic acids is 1. The van der Waals surface area contributed by atoms with Gasteiger partial charge in [-0.25, -0.2) is 4.79 Å². The number of rotatable bonds is 14. The van der Waals surface area contributed by atoms with Crippen molar-refractivity contribution >= 4 is 28.0 Å². The first-order valence-corrected chi connectivity index (χ1v) is 15.9. The zero-order valence-electron chi connectivity index (χ0n) is 24.0. The molecule has 3 rings (SSSR count).